The van der Waals surface area contributed by atoms with Crippen molar-refractivity contribution in [1.82, 2.24) is 5.32 Å². The Morgan fingerprint density at radius 2 is 1.84 bits per heavy atom. The van der Waals surface area contributed by atoms with Gasteiger partial charge >= 0.3 is 11.7 Å². The van der Waals surface area contributed by atoms with Gasteiger partial charge in [0.2, 0.25) is 11.6 Å². The normalized spacial score (nSPS) is 14.2. The number of ether oxygens (including phenoxy) is 1. The topological polar surface area (TPSA) is 98.5 Å². The average Bonchev–Trinajstić information content (AvgIpc) is 3.39. The highest BCUT2D eigenvalue weighted by atomic mass is 19.2. The van der Waals surface area contributed by atoms with Crippen molar-refractivity contribution in [3.05, 3.63) is 50.5 Å². The molecule has 0 aromatic heterocycles. The maximum atomic E-state index is 14.3. The summed E-state index contributed by atoms with van der Waals surface area (Å²) in [7, 11) is 0.946. The number of hydrogen-bond donors (Lipinski definition) is 1. The summed E-state index contributed by atoms with van der Waals surface area (Å²) in [6.07, 6.45) is 2.49. The van der Waals surface area contributed by atoms with E-state index in [0.717, 1.165) is 33.1 Å². The molecule has 0 aliphatic heterocycles. The van der Waals surface area contributed by atoms with Crippen molar-refractivity contribution in [2.75, 3.05) is 7.11 Å². The maximum absolute atomic E-state index is 14.3. The van der Waals surface area contributed by atoms with Crippen LogP contribution in [0.15, 0.2) is 11.8 Å². The summed E-state index contributed by atoms with van der Waals surface area (Å²) in [6, 6.07) is -0.000945. The molecule has 1 fully saturated rings. The summed E-state index contributed by atoms with van der Waals surface area (Å²) < 4.78 is 46.2. The number of hydrogen-bond acceptors (Lipinski definition) is 6. The fourth-order valence-electron chi connectivity index (χ4n) is 2.06. The van der Waals surface area contributed by atoms with E-state index in [-0.39, 0.29) is 6.04 Å². The minimum atomic E-state index is -1.98. The van der Waals surface area contributed by atoms with Gasteiger partial charge in [-0.25, -0.2) is 13.6 Å². The van der Waals surface area contributed by atoms with Crippen LogP contribution in [-0.2, 0) is 9.53 Å². The molecule has 1 saturated carbocycles. The second-order valence-electron chi connectivity index (χ2n) is 5.37. The minimum absolute atomic E-state index is 0.000945. The number of methoxy groups -OCH3 is 1. The van der Waals surface area contributed by atoms with E-state index in [1.54, 1.807) is 0 Å². The monoisotopic (exact) mass is 358 g/mol. The largest absolute Gasteiger partial charge is 0.465 e. The van der Waals surface area contributed by atoms with Crippen molar-refractivity contribution in [2.24, 2.45) is 0 Å². The van der Waals surface area contributed by atoms with Crippen LogP contribution in [0.5, 0.6) is 0 Å². The molecule has 1 aliphatic carbocycles. The van der Waals surface area contributed by atoms with Gasteiger partial charge in [-0.1, -0.05) is 0 Å². The van der Waals surface area contributed by atoms with E-state index in [9.17, 15) is 32.9 Å². The minimum Gasteiger partial charge on any atom is -0.465 e. The number of nitrogens with one attached hydrogen (secondary N) is 1. The molecule has 0 unspecified atom stereocenters. The molecule has 1 aliphatic rings. The molecule has 134 valence electrons. The van der Waals surface area contributed by atoms with E-state index in [2.05, 4.69) is 10.1 Å². The van der Waals surface area contributed by atoms with Crippen LogP contribution in [0.2, 0.25) is 0 Å². The maximum Gasteiger partial charge on any atom is 0.343 e. The van der Waals surface area contributed by atoms with Crippen LogP contribution < -0.4 is 5.32 Å². The Hall–Kier alpha value is -2.91. The standard InChI is InChI=1S/C15H13F3N2O5/c1-6-10(16)9(13(20(23)24)12(18)11(6)17)14(21)8(15(22)25-2)5-19-7-3-4-7/h5,7,19H,3-4H2,1-2H3. The van der Waals surface area contributed by atoms with E-state index < -0.39 is 56.5 Å². The molecule has 0 amide bonds. The highest BCUT2D eigenvalue weighted by Crippen LogP contribution is 2.32. The van der Waals surface area contributed by atoms with Crippen LogP contribution in [0.3, 0.4) is 0 Å². The lowest BCUT2D eigenvalue weighted by Crippen LogP contribution is -2.22. The summed E-state index contributed by atoms with van der Waals surface area (Å²) in [5.74, 6) is -8.05. The number of esters is 1. The molecule has 1 aromatic rings. The lowest BCUT2D eigenvalue weighted by Gasteiger charge is -2.10. The summed E-state index contributed by atoms with van der Waals surface area (Å²) in [5.41, 5.74) is -4.69. The Bertz CT molecular complexity index is 803. The van der Waals surface area contributed by atoms with Crippen molar-refractivity contribution in [1.29, 1.82) is 0 Å². The Balaban J connectivity index is 2.65. The number of carbonyl (C=O) groups is 2. The smallest absolute Gasteiger partial charge is 0.343 e. The van der Waals surface area contributed by atoms with Crippen molar-refractivity contribution >= 4 is 17.4 Å². The van der Waals surface area contributed by atoms with Crippen molar-refractivity contribution in [3.8, 4) is 0 Å². The first-order valence-corrected chi connectivity index (χ1v) is 7.11. The van der Waals surface area contributed by atoms with E-state index in [1.165, 1.54) is 0 Å². The summed E-state index contributed by atoms with van der Waals surface area (Å²) in [4.78, 5) is 33.9. The van der Waals surface area contributed by atoms with Crippen LogP contribution in [0.1, 0.15) is 28.8 Å². The number of nitrogens with zero attached hydrogens (tertiary/aromatic N) is 1. The third-order valence-corrected chi connectivity index (χ3v) is 3.62. The highest BCUT2D eigenvalue weighted by molar-refractivity contribution is 6.25. The fraction of sp³-hybridized carbons (Fsp3) is 0.333. The predicted molar refractivity (Wildman–Crippen MR) is 78.3 cm³/mol. The number of Topliss-reactive ketones (excluding diaryl/α,β-unsaturated/α-hetero) is 1. The zero-order valence-corrected chi connectivity index (χ0v) is 13.2. The molecule has 7 nitrogen and oxygen atoms in total. The number of nitro groups is 1. The first-order valence-electron chi connectivity index (χ1n) is 7.11. The van der Waals surface area contributed by atoms with Gasteiger partial charge in [-0.15, -0.1) is 0 Å². The molecular formula is C15H13F3N2O5. The van der Waals surface area contributed by atoms with Crippen LogP contribution in [0, 0.1) is 34.5 Å². The SMILES string of the molecule is COC(=O)C(=CNC1CC1)C(=O)c1c(F)c(C)c(F)c(F)c1[N+](=O)[O-]. The van der Waals surface area contributed by atoms with Gasteiger partial charge in [0.1, 0.15) is 17.0 Å². The van der Waals surface area contributed by atoms with Crippen LogP contribution >= 0.6 is 0 Å². The predicted octanol–water partition coefficient (Wildman–Crippen LogP) is 2.31. The van der Waals surface area contributed by atoms with Gasteiger partial charge < -0.3 is 10.1 Å². The Labute approximate surface area is 139 Å². The molecule has 0 bridgehead atoms. The molecule has 0 heterocycles. The molecule has 0 spiro atoms. The summed E-state index contributed by atoms with van der Waals surface area (Å²) in [6.45, 7) is 0.818. The number of ketones is 1. The molecule has 0 saturated heterocycles. The zero-order chi connectivity index (χ0) is 18.9. The third-order valence-electron chi connectivity index (χ3n) is 3.62. The second-order valence-corrected chi connectivity index (χ2v) is 5.37. The number of halogens is 3. The molecule has 0 atom stereocenters. The van der Waals surface area contributed by atoms with Gasteiger partial charge in [-0.3, -0.25) is 14.9 Å². The lowest BCUT2D eigenvalue weighted by atomic mass is 9.98. The molecule has 1 N–H and O–H groups in total. The molecule has 25 heavy (non-hydrogen) atoms. The van der Waals surface area contributed by atoms with E-state index in [1.807, 2.05) is 0 Å². The molecule has 2 rings (SSSR count). The first-order chi connectivity index (χ1) is 11.7. The van der Waals surface area contributed by atoms with Crippen LogP contribution in [0.25, 0.3) is 0 Å². The second kappa shape index (κ2) is 6.91. The number of rotatable bonds is 6. The van der Waals surface area contributed by atoms with Gasteiger partial charge in [-0.05, 0) is 19.8 Å². The van der Waals surface area contributed by atoms with Crippen LogP contribution in [-0.4, -0.2) is 29.8 Å². The lowest BCUT2D eigenvalue weighted by molar-refractivity contribution is -0.388. The van der Waals surface area contributed by atoms with Gasteiger partial charge in [0.05, 0.1) is 12.0 Å². The Morgan fingerprint density at radius 3 is 2.32 bits per heavy atom. The summed E-state index contributed by atoms with van der Waals surface area (Å²) in [5, 5.41) is 13.7. The van der Waals surface area contributed by atoms with E-state index in [0.29, 0.717) is 0 Å². The van der Waals surface area contributed by atoms with Crippen molar-refractivity contribution in [3.63, 3.8) is 0 Å². The van der Waals surface area contributed by atoms with E-state index >= 15 is 0 Å². The molecule has 1 aromatic carbocycles. The summed E-state index contributed by atoms with van der Waals surface area (Å²) >= 11 is 0. The van der Waals surface area contributed by atoms with Crippen LogP contribution in [0.4, 0.5) is 18.9 Å². The number of carbonyl (C=O) groups excluding carboxylic acids is 2. The van der Waals surface area contributed by atoms with Gasteiger partial charge in [0, 0.05) is 17.8 Å². The quantitative estimate of drug-likeness (QED) is 0.122. The number of nitro benzene ring substituents is 1. The highest BCUT2D eigenvalue weighted by Gasteiger charge is 2.37. The first kappa shape index (κ1) is 18.4. The average molecular weight is 358 g/mol. The Morgan fingerprint density at radius 1 is 1.24 bits per heavy atom. The number of benzene rings is 1. The molecule has 10 heteroatoms. The van der Waals surface area contributed by atoms with Gasteiger partial charge in [-0.2, -0.15) is 4.39 Å². The Kier molecular flexibility index (Phi) is 5.10. The van der Waals surface area contributed by atoms with Crippen molar-refractivity contribution < 1.29 is 32.4 Å². The van der Waals surface area contributed by atoms with Crippen molar-refractivity contribution in [2.45, 2.75) is 25.8 Å². The zero-order valence-electron chi connectivity index (χ0n) is 13.2. The fourth-order valence-corrected chi connectivity index (χ4v) is 2.06. The van der Waals surface area contributed by atoms with Gasteiger partial charge in [0.25, 0.3) is 0 Å². The van der Waals surface area contributed by atoms with Gasteiger partial charge in [0.15, 0.2) is 5.82 Å². The third kappa shape index (κ3) is 3.47. The molecular weight excluding hydrogens is 345 g/mol. The van der Waals surface area contributed by atoms with E-state index in [4.69, 9.17) is 0 Å². The molecule has 0 radical (unpaired) electrons.